The van der Waals surface area contributed by atoms with Gasteiger partial charge in [-0.05, 0) is 81.3 Å². The number of benzene rings is 2. The molecule has 290 valence electrons. The van der Waals surface area contributed by atoms with E-state index in [4.69, 9.17) is 14.2 Å². The number of anilines is 1. The number of hydrogen-bond acceptors (Lipinski definition) is 13. The molecule has 0 bridgehead atoms. The van der Waals surface area contributed by atoms with Crippen LogP contribution in [-0.4, -0.2) is 132 Å². The highest BCUT2D eigenvalue weighted by atomic mass is 32.2. The van der Waals surface area contributed by atoms with Gasteiger partial charge in [-0.2, -0.15) is 5.26 Å². The maximum atomic E-state index is 13.5. The van der Waals surface area contributed by atoms with E-state index in [2.05, 4.69) is 44.0 Å². The molecule has 2 aliphatic heterocycles. The fraction of sp³-hybridized carbons (Fsp3) is 0.595. The fourth-order valence-electron chi connectivity index (χ4n) is 6.56. The van der Waals surface area contributed by atoms with Gasteiger partial charge in [0, 0.05) is 63.7 Å². The standard InChI is InChI=1S/C37H53N7O8S/c1-7-37(4,21-28-23-44(41-39-28)24-31-32(45)33(46)34(47)35(50-6)52-31)51-17-12-36(2,3)40-53(48,49)30(22-38)19-25-8-9-27-20-29(11-10-26(27)18-25)43-15-13-42(5)14-16-43/h8-11,18-20,23,31-35,40,45-47H,7,12-17,21,24H2,1-6H3. The number of aromatic nitrogens is 3. The number of aliphatic hydroxyl groups is 3. The van der Waals surface area contributed by atoms with Crippen molar-refractivity contribution in [2.75, 3.05) is 51.8 Å². The minimum Gasteiger partial charge on any atom is -0.388 e. The number of methoxy groups -OCH3 is 1. The summed E-state index contributed by atoms with van der Waals surface area (Å²) in [6, 6.07) is 13.8. The highest BCUT2D eigenvalue weighted by molar-refractivity contribution is 7.93. The largest absolute Gasteiger partial charge is 0.388 e. The summed E-state index contributed by atoms with van der Waals surface area (Å²) in [5, 5.41) is 50.9. The second-order valence-corrected chi connectivity index (χ2v) is 16.6. The molecule has 53 heavy (non-hydrogen) atoms. The third-order valence-electron chi connectivity index (χ3n) is 10.2. The summed E-state index contributed by atoms with van der Waals surface area (Å²) in [5.41, 5.74) is 0.800. The van der Waals surface area contributed by atoms with Crippen LogP contribution in [0.3, 0.4) is 0 Å². The lowest BCUT2D eigenvalue weighted by molar-refractivity contribution is -0.292. The Morgan fingerprint density at radius 2 is 1.77 bits per heavy atom. The first kappa shape index (κ1) is 40.7. The van der Waals surface area contributed by atoms with Gasteiger partial charge in [-0.15, -0.1) is 5.10 Å². The van der Waals surface area contributed by atoms with Crippen molar-refractivity contribution in [2.45, 2.75) is 95.3 Å². The maximum absolute atomic E-state index is 13.5. The fourth-order valence-corrected chi connectivity index (χ4v) is 7.91. The van der Waals surface area contributed by atoms with Crippen molar-refractivity contribution < 1.29 is 37.9 Å². The van der Waals surface area contributed by atoms with Gasteiger partial charge in [0.25, 0.3) is 10.0 Å². The Morgan fingerprint density at radius 1 is 1.08 bits per heavy atom. The maximum Gasteiger partial charge on any atom is 0.251 e. The summed E-state index contributed by atoms with van der Waals surface area (Å²) in [4.78, 5) is 4.30. The number of ether oxygens (including phenoxy) is 3. The van der Waals surface area contributed by atoms with Gasteiger partial charge in [-0.3, -0.25) is 0 Å². The van der Waals surface area contributed by atoms with Crippen LogP contribution in [0.15, 0.2) is 47.5 Å². The van der Waals surface area contributed by atoms with Crippen LogP contribution in [0, 0.1) is 11.3 Å². The molecule has 0 spiro atoms. The summed E-state index contributed by atoms with van der Waals surface area (Å²) in [6.45, 7) is 11.6. The van der Waals surface area contributed by atoms with Crippen LogP contribution in [0.5, 0.6) is 0 Å². The summed E-state index contributed by atoms with van der Waals surface area (Å²) < 4.78 is 48.1. The third-order valence-corrected chi connectivity index (χ3v) is 11.8. The van der Waals surface area contributed by atoms with E-state index < -0.39 is 51.9 Å². The van der Waals surface area contributed by atoms with Crippen molar-refractivity contribution in [3.63, 3.8) is 0 Å². The van der Waals surface area contributed by atoms with Crippen LogP contribution in [0.1, 0.15) is 51.8 Å². The van der Waals surface area contributed by atoms with Gasteiger partial charge < -0.3 is 39.3 Å². The number of sulfonamides is 1. The Labute approximate surface area is 311 Å². The lowest BCUT2D eigenvalue weighted by atomic mass is 9.96. The number of allylic oxidation sites excluding steroid dienone is 1. The molecule has 2 saturated heterocycles. The van der Waals surface area contributed by atoms with E-state index in [1.807, 2.05) is 44.2 Å². The highest BCUT2D eigenvalue weighted by Gasteiger charge is 2.44. The number of rotatable bonds is 15. The zero-order valence-electron chi connectivity index (χ0n) is 31.3. The van der Waals surface area contributed by atoms with Crippen molar-refractivity contribution in [2.24, 2.45) is 0 Å². The summed E-state index contributed by atoms with van der Waals surface area (Å²) in [7, 11) is -0.694. The van der Waals surface area contributed by atoms with Gasteiger partial charge in [-0.25, -0.2) is 17.8 Å². The number of nitriles is 1. The van der Waals surface area contributed by atoms with E-state index >= 15 is 0 Å². The predicted molar refractivity (Wildman–Crippen MR) is 200 cm³/mol. The molecule has 2 aromatic carbocycles. The lowest BCUT2D eigenvalue weighted by Crippen LogP contribution is -2.58. The molecule has 16 heteroatoms. The SMILES string of the molecule is CCC(C)(Cc1cn(CC2OC(OC)C(O)C(O)C2O)nn1)OCCC(C)(C)NS(=O)(=O)C(C#N)=Cc1ccc2cc(N3CCN(C)CC3)ccc2c1. The lowest BCUT2D eigenvalue weighted by Gasteiger charge is -2.39. The second kappa shape index (κ2) is 16.9. The molecule has 4 N–H and O–H groups in total. The number of likely N-dealkylation sites (N-methyl/N-ethyl adjacent to an activating group) is 1. The van der Waals surface area contributed by atoms with Crippen molar-refractivity contribution >= 4 is 32.6 Å². The van der Waals surface area contributed by atoms with Crippen molar-refractivity contribution in [3.8, 4) is 6.07 Å². The van der Waals surface area contributed by atoms with Crippen LogP contribution in [0.25, 0.3) is 16.8 Å². The van der Waals surface area contributed by atoms with Crippen molar-refractivity contribution in [3.05, 3.63) is 58.8 Å². The Kier molecular flexibility index (Phi) is 13.0. The number of nitrogens with one attached hydrogen (secondary N) is 1. The predicted octanol–water partition coefficient (Wildman–Crippen LogP) is 2.02. The molecule has 15 nitrogen and oxygen atoms in total. The number of aliphatic hydroxyl groups excluding tert-OH is 3. The van der Waals surface area contributed by atoms with E-state index in [1.165, 1.54) is 17.9 Å². The normalized spacial score (nSPS) is 24.6. The van der Waals surface area contributed by atoms with Crippen LogP contribution in [-0.2, 0) is 37.2 Å². The monoisotopic (exact) mass is 755 g/mol. The van der Waals surface area contributed by atoms with E-state index in [0.29, 0.717) is 30.5 Å². The molecular formula is C37H53N7O8S. The van der Waals surface area contributed by atoms with Crippen molar-refractivity contribution in [1.29, 1.82) is 5.26 Å². The molecule has 0 saturated carbocycles. The quantitative estimate of drug-likeness (QED) is 0.165. The third kappa shape index (κ3) is 10.2. The van der Waals surface area contributed by atoms with Gasteiger partial charge in [0.05, 0.1) is 17.8 Å². The number of hydrogen-bond donors (Lipinski definition) is 4. The molecule has 1 aromatic heterocycles. The van der Waals surface area contributed by atoms with Crippen molar-refractivity contribution in [1.82, 2.24) is 24.6 Å². The first-order valence-corrected chi connectivity index (χ1v) is 19.4. The van der Waals surface area contributed by atoms with Gasteiger partial charge in [0.2, 0.25) is 0 Å². The minimum atomic E-state index is -4.16. The molecule has 0 amide bonds. The molecule has 2 fully saturated rings. The van der Waals surface area contributed by atoms with Gasteiger partial charge in [0.15, 0.2) is 11.2 Å². The van der Waals surface area contributed by atoms with E-state index in [0.717, 1.165) is 42.6 Å². The average molecular weight is 756 g/mol. The Hall–Kier alpha value is -3.50. The Balaban J connectivity index is 1.16. The number of nitrogens with zero attached hydrogens (tertiary/aromatic N) is 6. The summed E-state index contributed by atoms with van der Waals surface area (Å²) in [6.07, 6.45) is -1.73. The number of piperazine rings is 1. The smallest absolute Gasteiger partial charge is 0.251 e. The second-order valence-electron chi connectivity index (χ2n) is 15.0. The molecule has 5 rings (SSSR count). The topological polar surface area (TPSA) is 196 Å². The van der Waals surface area contributed by atoms with Gasteiger partial charge in [-0.1, -0.05) is 30.3 Å². The first-order valence-electron chi connectivity index (χ1n) is 17.9. The first-order chi connectivity index (χ1) is 25.0. The molecule has 0 aliphatic carbocycles. The van der Waals surface area contributed by atoms with Crippen LogP contribution < -0.4 is 9.62 Å². The van der Waals surface area contributed by atoms with E-state index in [-0.39, 0.29) is 18.1 Å². The molecular weight excluding hydrogens is 703 g/mol. The molecule has 6 atom stereocenters. The van der Waals surface area contributed by atoms with E-state index in [9.17, 15) is 29.0 Å². The highest BCUT2D eigenvalue weighted by Crippen LogP contribution is 2.27. The summed E-state index contributed by atoms with van der Waals surface area (Å²) >= 11 is 0. The summed E-state index contributed by atoms with van der Waals surface area (Å²) in [5.74, 6) is 0. The van der Waals surface area contributed by atoms with Gasteiger partial charge >= 0.3 is 0 Å². The molecule has 6 unspecified atom stereocenters. The van der Waals surface area contributed by atoms with E-state index in [1.54, 1.807) is 20.0 Å². The Morgan fingerprint density at radius 3 is 2.45 bits per heavy atom. The molecule has 3 heterocycles. The zero-order chi connectivity index (χ0) is 38.6. The van der Waals surface area contributed by atoms with Crippen LogP contribution in [0.2, 0.25) is 0 Å². The Bertz CT molecular complexity index is 1890. The minimum absolute atomic E-state index is 0.0633. The molecule has 3 aromatic rings. The van der Waals surface area contributed by atoms with Crippen LogP contribution in [0.4, 0.5) is 5.69 Å². The molecule has 2 aliphatic rings. The molecule has 0 radical (unpaired) electrons. The number of fused-ring (bicyclic) bond motifs is 1. The van der Waals surface area contributed by atoms with Crippen LogP contribution >= 0.6 is 0 Å². The average Bonchev–Trinajstić information content (AvgIpc) is 3.56. The van der Waals surface area contributed by atoms with Gasteiger partial charge in [0.1, 0.15) is 30.5 Å². The zero-order valence-corrected chi connectivity index (χ0v) is 32.2.